The number of carbonyl (C=O) groups excluding carboxylic acids is 2. The van der Waals surface area contributed by atoms with E-state index in [1.54, 1.807) is 25.3 Å². The fourth-order valence-corrected chi connectivity index (χ4v) is 2.72. The van der Waals surface area contributed by atoms with Gasteiger partial charge in [-0.3, -0.25) is 9.59 Å². The Hall–Kier alpha value is -2.74. The van der Waals surface area contributed by atoms with Crippen molar-refractivity contribution in [1.29, 1.82) is 0 Å². The molecule has 0 fully saturated rings. The van der Waals surface area contributed by atoms with Crippen LogP contribution in [0, 0.1) is 0 Å². The highest BCUT2D eigenvalue weighted by molar-refractivity contribution is 9.12. The summed E-state index contributed by atoms with van der Waals surface area (Å²) in [5.74, 6) is 0.232. The second-order valence-electron chi connectivity index (χ2n) is 4.79. The van der Waals surface area contributed by atoms with Gasteiger partial charge in [0.15, 0.2) is 0 Å². The Balaban J connectivity index is 2.03. The van der Waals surface area contributed by atoms with E-state index in [0.29, 0.717) is 17.2 Å². The molecule has 2 aromatic rings. The van der Waals surface area contributed by atoms with Gasteiger partial charge < -0.3 is 14.8 Å². The van der Waals surface area contributed by atoms with Crippen LogP contribution in [0.4, 0.5) is 5.69 Å². The lowest BCUT2D eigenvalue weighted by Crippen LogP contribution is -2.26. The molecular weight excluding hydrogens is 378 g/mol. The molecule has 7 nitrogen and oxygen atoms in total. The van der Waals surface area contributed by atoms with Crippen LogP contribution >= 0.6 is 15.9 Å². The Morgan fingerprint density at radius 2 is 1.67 bits per heavy atom. The van der Waals surface area contributed by atoms with Crippen molar-refractivity contribution in [3.8, 4) is 11.5 Å². The molecule has 1 aliphatic carbocycles. The predicted molar refractivity (Wildman–Crippen MR) is 89.8 cm³/mol. The molecule has 0 bridgehead atoms. The number of ether oxygens (including phenoxy) is 2. The average Bonchev–Trinajstić information content (AvgIpc) is 2.63. The summed E-state index contributed by atoms with van der Waals surface area (Å²) in [6.07, 6.45) is 2.74. The number of ketones is 2. The van der Waals surface area contributed by atoms with Crippen LogP contribution in [-0.4, -0.2) is 35.8 Å². The maximum absolute atomic E-state index is 12.6. The second-order valence-corrected chi connectivity index (χ2v) is 5.58. The molecule has 1 N–H and O–H groups in total. The van der Waals surface area contributed by atoms with Crippen LogP contribution in [0.1, 0.15) is 21.0 Å². The minimum Gasteiger partial charge on any atom is -0.497 e. The van der Waals surface area contributed by atoms with Gasteiger partial charge in [0, 0.05) is 18.5 Å². The number of methoxy groups -OCH3 is 2. The highest BCUT2D eigenvalue weighted by atomic mass is 79.9. The zero-order valence-corrected chi connectivity index (χ0v) is 14.4. The van der Waals surface area contributed by atoms with Crippen molar-refractivity contribution < 1.29 is 19.1 Å². The van der Waals surface area contributed by atoms with E-state index in [-0.39, 0.29) is 21.6 Å². The van der Waals surface area contributed by atoms with Gasteiger partial charge in [-0.2, -0.15) is 0 Å². The molecule has 0 spiro atoms. The molecule has 0 radical (unpaired) electrons. The minimum atomic E-state index is -0.428. The molecule has 0 amide bonds. The molecule has 0 unspecified atom stereocenters. The first-order valence-electron chi connectivity index (χ1n) is 6.86. The number of hydrogen-bond donors (Lipinski definition) is 1. The van der Waals surface area contributed by atoms with Gasteiger partial charge in [0.2, 0.25) is 11.6 Å². The SMILES string of the molecule is COc1ccc(NC2=C(Br)C(=O)c3nccnc3C2=O)c(OC)c1. The monoisotopic (exact) mass is 389 g/mol. The van der Waals surface area contributed by atoms with Gasteiger partial charge in [-0.05, 0) is 28.1 Å². The molecule has 24 heavy (non-hydrogen) atoms. The van der Waals surface area contributed by atoms with Gasteiger partial charge in [0.1, 0.15) is 28.6 Å². The molecule has 1 aromatic heterocycles. The van der Waals surface area contributed by atoms with Gasteiger partial charge in [-0.25, -0.2) is 9.97 Å². The summed E-state index contributed by atoms with van der Waals surface area (Å²) >= 11 is 3.18. The highest BCUT2D eigenvalue weighted by Gasteiger charge is 2.33. The largest absolute Gasteiger partial charge is 0.497 e. The quantitative estimate of drug-likeness (QED) is 0.858. The summed E-state index contributed by atoms with van der Waals surface area (Å²) in [7, 11) is 3.04. The van der Waals surface area contributed by atoms with Crippen molar-refractivity contribution in [3.05, 3.63) is 52.2 Å². The van der Waals surface area contributed by atoms with Crippen LogP contribution < -0.4 is 14.8 Å². The lowest BCUT2D eigenvalue weighted by atomic mass is 10.0. The zero-order chi connectivity index (χ0) is 17.3. The minimum absolute atomic E-state index is 0.0145. The molecule has 0 saturated heterocycles. The van der Waals surface area contributed by atoms with Crippen LogP contribution in [0.15, 0.2) is 40.8 Å². The van der Waals surface area contributed by atoms with Crippen LogP contribution in [0.5, 0.6) is 11.5 Å². The molecule has 3 rings (SSSR count). The van der Waals surface area contributed by atoms with E-state index in [0.717, 1.165) is 0 Å². The Labute approximate surface area is 145 Å². The van der Waals surface area contributed by atoms with Crippen LogP contribution in [-0.2, 0) is 0 Å². The number of fused-ring (bicyclic) bond motifs is 1. The summed E-state index contributed by atoms with van der Waals surface area (Å²) in [5.41, 5.74) is 0.637. The maximum Gasteiger partial charge on any atom is 0.231 e. The van der Waals surface area contributed by atoms with Crippen LogP contribution in [0.25, 0.3) is 0 Å². The molecule has 1 heterocycles. The summed E-state index contributed by atoms with van der Waals surface area (Å²) in [4.78, 5) is 32.9. The second kappa shape index (κ2) is 6.40. The molecule has 8 heteroatoms. The van der Waals surface area contributed by atoms with E-state index in [4.69, 9.17) is 9.47 Å². The smallest absolute Gasteiger partial charge is 0.231 e. The van der Waals surface area contributed by atoms with Crippen molar-refractivity contribution >= 4 is 33.2 Å². The number of carbonyl (C=O) groups is 2. The molecule has 1 aromatic carbocycles. The predicted octanol–water partition coefficient (Wildman–Crippen LogP) is 2.59. The fourth-order valence-electron chi connectivity index (χ4n) is 2.25. The Morgan fingerprint density at radius 3 is 2.29 bits per heavy atom. The average molecular weight is 390 g/mol. The topological polar surface area (TPSA) is 90.4 Å². The molecule has 0 saturated carbocycles. The van der Waals surface area contributed by atoms with Crippen molar-refractivity contribution in [1.82, 2.24) is 9.97 Å². The number of allylic oxidation sites excluding steroid dienone is 2. The first kappa shape index (κ1) is 16.1. The van der Waals surface area contributed by atoms with E-state index in [1.807, 2.05) is 0 Å². The molecule has 0 atom stereocenters. The number of nitrogens with zero attached hydrogens (tertiary/aromatic N) is 2. The highest BCUT2D eigenvalue weighted by Crippen LogP contribution is 2.33. The van der Waals surface area contributed by atoms with Gasteiger partial charge >= 0.3 is 0 Å². The summed E-state index contributed by atoms with van der Waals surface area (Å²) in [6.45, 7) is 0. The first-order valence-corrected chi connectivity index (χ1v) is 7.65. The summed E-state index contributed by atoms with van der Waals surface area (Å²) in [6, 6.07) is 5.07. The lowest BCUT2D eigenvalue weighted by Gasteiger charge is -2.19. The normalized spacial score (nSPS) is 13.6. The number of anilines is 1. The van der Waals surface area contributed by atoms with Gasteiger partial charge in [-0.1, -0.05) is 0 Å². The fraction of sp³-hybridized carbons (Fsp3) is 0.125. The van der Waals surface area contributed by atoms with Gasteiger partial charge in [0.05, 0.1) is 24.4 Å². The van der Waals surface area contributed by atoms with Crippen LogP contribution in [0.3, 0.4) is 0 Å². The van der Waals surface area contributed by atoms with Crippen molar-refractivity contribution in [2.75, 3.05) is 19.5 Å². The molecule has 0 aliphatic heterocycles. The number of rotatable bonds is 4. The Kier molecular flexibility index (Phi) is 4.30. The van der Waals surface area contributed by atoms with Crippen molar-refractivity contribution in [2.24, 2.45) is 0 Å². The summed E-state index contributed by atoms with van der Waals surface area (Å²) < 4.78 is 10.5. The van der Waals surface area contributed by atoms with E-state index in [9.17, 15) is 9.59 Å². The van der Waals surface area contributed by atoms with Crippen molar-refractivity contribution in [2.45, 2.75) is 0 Å². The maximum atomic E-state index is 12.6. The van der Waals surface area contributed by atoms with E-state index in [2.05, 4.69) is 31.2 Å². The number of nitrogens with one attached hydrogen (secondary N) is 1. The Morgan fingerprint density at radius 1 is 1.00 bits per heavy atom. The van der Waals surface area contributed by atoms with Gasteiger partial charge in [-0.15, -0.1) is 0 Å². The molecular formula is C16H12BrN3O4. The third-order valence-electron chi connectivity index (χ3n) is 3.44. The summed E-state index contributed by atoms with van der Waals surface area (Å²) in [5, 5.41) is 2.94. The Bertz CT molecular complexity index is 879. The van der Waals surface area contributed by atoms with E-state index >= 15 is 0 Å². The zero-order valence-electron chi connectivity index (χ0n) is 12.8. The third-order valence-corrected chi connectivity index (χ3v) is 4.20. The molecule has 122 valence electrons. The first-order chi connectivity index (χ1) is 11.6. The number of hydrogen-bond acceptors (Lipinski definition) is 7. The number of benzene rings is 1. The number of Topliss-reactive ketones (excluding diaryl/α,β-unsaturated/α-hetero) is 2. The van der Waals surface area contributed by atoms with Crippen molar-refractivity contribution in [3.63, 3.8) is 0 Å². The standard InChI is InChI=1S/C16H12BrN3O4/c1-23-8-3-4-9(10(7-8)24-2)20-12-11(17)15(21)13-14(16(12)22)19-6-5-18-13/h3-7,20H,1-2H3. The van der Waals surface area contributed by atoms with E-state index in [1.165, 1.54) is 19.5 Å². The van der Waals surface area contributed by atoms with Crippen LogP contribution in [0.2, 0.25) is 0 Å². The van der Waals surface area contributed by atoms with E-state index < -0.39 is 11.6 Å². The number of aromatic nitrogens is 2. The van der Waals surface area contributed by atoms with Gasteiger partial charge in [0.25, 0.3) is 0 Å². The number of halogens is 1. The third kappa shape index (κ3) is 2.65. The lowest BCUT2D eigenvalue weighted by molar-refractivity contribution is 0.0975. The molecule has 1 aliphatic rings.